The van der Waals surface area contributed by atoms with Gasteiger partial charge in [-0.15, -0.1) is 0 Å². The molecule has 144 valence electrons. The Labute approximate surface area is 156 Å². The Morgan fingerprint density at radius 3 is 2.31 bits per heavy atom. The van der Waals surface area contributed by atoms with E-state index >= 15 is 0 Å². The lowest BCUT2D eigenvalue weighted by Gasteiger charge is -2.38. The van der Waals surface area contributed by atoms with Gasteiger partial charge in [0.1, 0.15) is 0 Å². The van der Waals surface area contributed by atoms with Gasteiger partial charge in [-0.25, -0.2) is 0 Å². The maximum Gasteiger partial charge on any atom is 0.239 e. The van der Waals surface area contributed by atoms with Crippen LogP contribution in [0.25, 0.3) is 0 Å². The molecule has 3 atom stereocenters. The molecule has 1 aliphatic heterocycles. The third-order valence-electron chi connectivity index (χ3n) is 4.89. The van der Waals surface area contributed by atoms with Crippen molar-refractivity contribution in [2.75, 3.05) is 32.0 Å². The maximum atomic E-state index is 12.8. The number of aryl methyl sites for hydroxylation is 2. The van der Waals surface area contributed by atoms with Crippen LogP contribution < -0.4 is 5.32 Å². The Hall–Kier alpha value is -1.92. The van der Waals surface area contributed by atoms with Gasteiger partial charge < -0.3 is 15.0 Å². The molecule has 1 aromatic carbocycles. The Kier molecular flexibility index (Phi) is 6.78. The van der Waals surface area contributed by atoms with Gasteiger partial charge in [0.2, 0.25) is 11.8 Å². The summed E-state index contributed by atoms with van der Waals surface area (Å²) in [6.07, 6.45) is 0.0695. The number of rotatable bonds is 5. The van der Waals surface area contributed by atoms with E-state index < -0.39 is 0 Å². The summed E-state index contributed by atoms with van der Waals surface area (Å²) in [5.74, 6) is -0.0809. The van der Waals surface area contributed by atoms with Crippen LogP contribution in [0, 0.1) is 13.8 Å². The molecule has 6 nitrogen and oxygen atoms in total. The van der Waals surface area contributed by atoms with E-state index in [9.17, 15) is 9.59 Å². The van der Waals surface area contributed by atoms with E-state index in [4.69, 9.17) is 4.74 Å². The molecule has 3 unspecified atom stereocenters. The van der Waals surface area contributed by atoms with Crippen molar-refractivity contribution in [3.05, 3.63) is 29.3 Å². The quantitative estimate of drug-likeness (QED) is 0.873. The van der Waals surface area contributed by atoms with Crippen LogP contribution in [0.15, 0.2) is 18.2 Å². The van der Waals surface area contributed by atoms with Crippen molar-refractivity contribution < 1.29 is 14.3 Å². The molecule has 1 aliphatic rings. The Bertz CT molecular complexity index is 631. The summed E-state index contributed by atoms with van der Waals surface area (Å²) in [7, 11) is 1.81. The molecule has 0 aliphatic carbocycles. The van der Waals surface area contributed by atoms with Gasteiger partial charge in [-0.3, -0.25) is 14.5 Å². The van der Waals surface area contributed by atoms with E-state index in [1.807, 2.05) is 57.7 Å². The summed E-state index contributed by atoms with van der Waals surface area (Å²) >= 11 is 0. The standard InChI is InChI=1S/C20H31N3O3/c1-13-8-7-9-14(2)19(13)21-18(24)12-22(6)17(5)20(25)23-10-15(3)26-16(4)11-23/h7-9,15-17H,10-12H2,1-6H3,(H,21,24). The average molecular weight is 361 g/mol. The molecule has 0 saturated carbocycles. The highest BCUT2D eigenvalue weighted by molar-refractivity contribution is 5.94. The highest BCUT2D eigenvalue weighted by atomic mass is 16.5. The third kappa shape index (κ3) is 5.05. The van der Waals surface area contributed by atoms with Crippen molar-refractivity contribution >= 4 is 17.5 Å². The summed E-state index contributed by atoms with van der Waals surface area (Å²) in [6.45, 7) is 11.1. The highest BCUT2D eigenvalue weighted by Crippen LogP contribution is 2.19. The van der Waals surface area contributed by atoms with Crippen molar-refractivity contribution in [1.29, 1.82) is 0 Å². The SMILES string of the molecule is Cc1cccc(C)c1NC(=O)CN(C)C(C)C(=O)N1CC(C)OC(C)C1. The fraction of sp³-hybridized carbons (Fsp3) is 0.600. The number of hydrogen-bond acceptors (Lipinski definition) is 4. The molecule has 2 rings (SSSR count). The zero-order valence-corrected chi connectivity index (χ0v) is 16.7. The van der Waals surface area contributed by atoms with Crippen molar-refractivity contribution in [3.8, 4) is 0 Å². The summed E-state index contributed by atoms with van der Waals surface area (Å²) in [4.78, 5) is 28.8. The monoisotopic (exact) mass is 361 g/mol. The van der Waals surface area contributed by atoms with Gasteiger partial charge in [0.25, 0.3) is 0 Å². The number of hydrogen-bond donors (Lipinski definition) is 1. The zero-order chi connectivity index (χ0) is 19.4. The first-order valence-electron chi connectivity index (χ1n) is 9.19. The van der Waals surface area contributed by atoms with Crippen LogP contribution in [0.5, 0.6) is 0 Å². The Balaban J connectivity index is 1.94. The van der Waals surface area contributed by atoms with Gasteiger partial charge in [-0.1, -0.05) is 18.2 Å². The molecular formula is C20H31N3O3. The lowest BCUT2D eigenvalue weighted by Crippen LogP contribution is -2.54. The van der Waals surface area contributed by atoms with Crippen LogP contribution in [0.2, 0.25) is 0 Å². The molecule has 0 spiro atoms. The largest absolute Gasteiger partial charge is 0.372 e. The Morgan fingerprint density at radius 1 is 1.23 bits per heavy atom. The second-order valence-electron chi connectivity index (χ2n) is 7.41. The number of carbonyl (C=O) groups excluding carboxylic acids is 2. The van der Waals surface area contributed by atoms with E-state index in [1.165, 1.54) is 0 Å². The van der Waals surface area contributed by atoms with Crippen LogP contribution in [0.1, 0.15) is 31.9 Å². The molecule has 1 heterocycles. The number of morpholine rings is 1. The van der Waals surface area contributed by atoms with Crippen LogP contribution >= 0.6 is 0 Å². The van der Waals surface area contributed by atoms with E-state index in [-0.39, 0.29) is 36.6 Å². The number of amides is 2. The molecule has 0 aromatic heterocycles. The Morgan fingerprint density at radius 2 is 1.77 bits per heavy atom. The van der Waals surface area contributed by atoms with Crippen LogP contribution in [0.4, 0.5) is 5.69 Å². The predicted octanol–water partition coefficient (Wildman–Crippen LogP) is 2.20. The van der Waals surface area contributed by atoms with Crippen molar-refractivity contribution in [2.24, 2.45) is 0 Å². The van der Waals surface area contributed by atoms with Gasteiger partial charge in [0, 0.05) is 18.8 Å². The van der Waals surface area contributed by atoms with Crippen molar-refractivity contribution in [1.82, 2.24) is 9.80 Å². The van der Waals surface area contributed by atoms with Gasteiger partial charge in [-0.2, -0.15) is 0 Å². The number of anilines is 1. The van der Waals surface area contributed by atoms with E-state index in [0.29, 0.717) is 13.1 Å². The lowest BCUT2D eigenvalue weighted by atomic mass is 10.1. The van der Waals surface area contributed by atoms with Gasteiger partial charge in [0.15, 0.2) is 0 Å². The predicted molar refractivity (Wildman–Crippen MR) is 103 cm³/mol. The highest BCUT2D eigenvalue weighted by Gasteiger charge is 2.30. The second-order valence-corrected chi connectivity index (χ2v) is 7.41. The van der Waals surface area contributed by atoms with Crippen LogP contribution in [-0.2, 0) is 14.3 Å². The first kappa shape index (κ1) is 20.4. The number of nitrogens with one attached hydrogen (secondary N) is 1. The summed E-state index contributed by atoms with van der Waals surface area (Å²) in [5, 5.41) is 2.97. The number of carbonyl (C=O) groups is 2. The van der Waals surface area contributed by atoms with E-state index in [0.717, 1.165) is 16.8 Å². The first-order chi connectivity index (χ1) is 12.2. The van der Waals surface area contributed by atoms with Gasteiger partial charge >= 0.3 is 0 Å². The lowest BCUT2D eigenvalue weighted by molar-refractivity contribution is -0.148. The van der Waals surface area contributed by atoms with E-state index in [2.05, 4.69) is 5.32 Å². The fourth-order valence-corrected chi connectivity index (χ4v) is 3.36. The summed E-state index contributed by atoms with van der Waals surface area (Å²) < 4.78 is 5.69. The summed E-state index contributed by atoms with van der Waals surface area (Å²) in [6, 6.07) is 5.55. The molecule has 6 heteroatoms. The molecular weight excluding hydrogens is 330 g/mol. The third-order valence-corrected chi connectivity index (χ3v) is 4.89. The van der Waals surface area contributed by atoms with Gasteiger partial charge in [-0.05, 0) is 52.8 Å². The fourth-order valence-electron chi connectivity index (χ4n) is 3.36. The minimum atomic E-state index is -0.365. The van der Waals surface area contributed by atoms with E-state index in [1.54, 1.807) is 11.9 Å². The maximum absolute atomic E-state index is 12.8. The van der Waals surface area contributed by atoms with Crippen molar-refractivity contribution in [3.63, 3.8) is 0 Å². The molecule has 26 heavy (non-hydrogen) atoms. The van der Waals surface area contributed by atoms with Crippen LogP contribution in [-0.4, -0.2) is 66.5 Å². The normalized spacial score (nSPS) is 21.6. The molecule has 0 bridgehead atoms. The first-order valence-corrected chi connectivity index (χ1v) is 9.19. The van der Waals surface area contributed by atoms with Gasteiger partial charge in [0.05, 0.1) is 24.8 Å². The van der Waals surface area contributed by atoms with Crippen LogP contribution in [0.3, 0.4) is 0 Å². The zero-order valence-electron chi connectivity index (χ0n) is 16.7. The number of benzene rings is 1. The number of nitrogens with zero attached hydrogens (tertiary/aromatic N) is 2. The minimum Gasteiger partial charge on any atom is -0.372 e. The molecule has 0 radical (unpaired) electrons. The topological polar surface area (TPSA) is 61.9 Å². The molecule has 1 aromatic rings. The smallest absolute Gasteiger partial charge is 0.239 e. The summed E-state index contributed by atoms with van der Waals surface area (Å²) in [5.41, 5.74) is 2.91. The number of likely N-dealkylation sites (N-methyl/N-ethyl adjacent to an activating group) is 1. The number of para-hydroxylation sites is 1. The molecule has 1 fully saturated rings. The molecule has 2 amide bonds. The average Bonchev–Trinajstić information content (AvgIpc) is 2.56. The minimum absolute atomic E-state index is 0.0348. The molecule has 1 saturated heterocycles. The molecule has 1 N–H and O–H groups in total. The number of ether oxygens (including phenoxy) is 1. The second kappa shape index (κ2) is 8.64. The van der Waals surface area contributed by atoms with Crippen molar-refractivity contribution in [2.45, 2.75) is 52.9 Å².